The van der Waals surface area contributed by atoms with Crippen molar-refractivity contribution in [3.8, 4) is 0 Å². The lowest BCUT2D eigenvalue weighted by Crippen LogP contribution is -2.55. The molecule has 0 bridgehead atoms. The van der Waals surface area contributed by atoms with Crippen molar-refractivity contribution in [2.75, 3.05) is 26.2 Å². The Morgan fingerprint density at radius 2 is 1.60 bits per heavy atom. The number of aliphatic hydroxyl groups is 2. The van der Waals surface area contributed by atoms with Gasteiger partial charge in [0.15, 0.2) is 0 Å². The van der Waals surface area contributed by atoms with Crippen LogP contribution in [0.25, 0.3) is 0 Å². The van der Waals surface area contributed by atoms with E-state index in [-0.39, 0.29) is 17.3 Å². The molecule has 4 aliphatic rings. The van der Waals surface area contributed by atoms with Crippen molar-refractivity contribution in [3.63, 3.8) is 0 Å². The van der Waals surface area contributed by atoms with Gasteiger partial charge in [0, 0.05) is 6.04 Å². The number of unbranched alkanes of at least 4 members (excludes halogenated alkanes) is 1. The van der Waals surface area contributed by atoms with E-state index in [1.54, 1.807) is 13.8 Å². The lowest BCUT2D eigenvalue weighted by molar-refractivity contribution is -0.121. The van der Waals surface area contributed by atoms with Crippen LogP contribution in [0.3, 0.4) is 0 Å². The maximum Gasteiger partial charge on any atom is 0.397 e. The SMILES string of the molecule is CC(C)C(OS(=O)(=O)O)C(O)C(O)CC1CCC2C3CC[C@H]4CC(NCCCNCCCCN)CCC4(C)C3CCC12C. The van der Waals surface area contributed by atoms with Crippen molar-refractivity contribution >= 4 is 10.4 Å². The summed E-state index contributed by atoms with van der Waals surface area (Å²) in [6, 6.07) is 0.643. The number of hydrogen-bond donors (Lipinski definition) is 6. The normalized spacial score (nSPS) is 38.3. The molecule has 7 N–H and O–H groups in total. The summed E-state index contributed by atoms with van der Waals surface area (Å²) < 4.78 is 36.7. The van der Waals surface area contributed by atoms with E-state index in [0.29, 0.717) is 23.8 Å². The predicted molar refractivity (Wildman–Crippen MR) is 171 cm³/mol. The van der Waals surface area contributed by atoms with Gasteiger partial charge in [-0.05, 0) is 156 Å². The molecule has 0 aromatic heterocycles. The molecule has 4 aliphatic carbocycles. The van der Waals surface area contributed by atoms with Crippen LogP contribution in [0.1, 0.15) is 111 Å². The Kier molecular flexibility index (Phi) is 12.4. The molecule has 43 heavy (non-hydrogen) atoms. The van der Waals surface area contributed by atoms with Gasteiger partial charge in [0.1, 0.15) is 12.2 Å². The van der Waals surface area contributed by atoms with Crippen LogP contribution in [-0.2, 0) is 14.6 Å². The molecule has 0 aliphatic heterocycles. The molecule has 4 saturated carbocycles. The van der Waals surface area contributed by atoms with Crippen LogP contribution in [0, 0.1) is 46.3 Å². The van der Waals surface area contributed by atoms with Gasteiger partial charge in [0.2, 0.25) is 0 Å². The first-order valence-electron chi connectivity index (χ1n) is 17.5. The summed E-state index contributed by atoms with van der Waals surface area (Å²) in [7, 11) is -4.73. The molecular weight excluding hydrogens is 566 g/mol. The quantitative estimate of drug-likeness (QED) is 0.108. The molecule has 0 amide bonds. The second kappa shape index (κ2) is 15.1. The van der Waals surface area contributed by atoms with E-state index in [9.17, 15) is 23.2 Å². The van der Waals surface area contributed by atoms with Crippen molar-refractivity contribution in [2.45, 2.75) is 136 Å². The monoisotopic (exact) mass is 629 g/mol. The second-order valence-electron chi connectivity index (χ2n) is 15.5. The Morgan fingerprint density at radius 3 is 2.30 bits per heavy atom. The summed E-state index contributed by atoms with van der Waals surface area (Å²) in [6.07, 6.45) is 11.3. The maximum atomic E-state index is 11.4. The maximum absolute atomic E-state index is 11.4. The van der Waals surface area contributed by atoms with Gasteiger partial charge in [-0.1, -0.05) is 27.7 Å². The fourth-order valence-corrected chi connectivity index (χ4v) is 10.9. The summed E-state index contributed by atoms with van der Waals surface area (Å²) in [5.74, 6) is 2.83. The molecule has 0 aromatic carbocycles. The van der Waals surface area contributed by atoms with Gasteiger partial charge >= 0.3 is 10.4 Å². The smallest absolute Gasteiger partial charge is 0.390 e. The van der Waals surface area contributed by atoms with E-state index in [4.69, 9.17) is 9.92 Å². The van der Waals surface area contributed by atoms with E-state index >= 15 is 0 Å². The zero-order valence-electron chi connectivity index (χ0n) is 27.3. The van der Waals surface area contributed by atoms with Crippen molar-refractivity contribution < 1.29 is 27.4 Å². The average Bonchev–Trinajstić information content (AvgIpc) is 3.28. The Hall–Kier alpha value is -0.330. The van der Waals surface area contributed by atoms with Gasteiger partial charge in [0.05, 0.1) is 6.10 Å². The highest BCUT2D eigenvalue weighted by molar-refractivity contribution is 7.80. The van der Waals surface area contributed by atoms with Crippen LogP contribution in [0.2, 0.25) is 0 Å². The Bertz CT molecular complexity index is 984. The summed E-state index contributed by atoms with van der Waals surface area (Å²) in [4.78, 5) is 0. The van der Waals surface area contributed by atoms with E-state index < -0.39 is 28.7 Å². The minimum atomic E-state index is -4.73. The molecule has 252 valence electrons. The average molecular weight is 630 g/mol. The summed E-state index contributed by atoms with van der Waals surface area (Å²) in [5.41, 5.74) is 6.12. The van der Waals surface area contributed by atoms with Gasteiger partial charge in [0.25, 0.3) is 0 Å². The highest BCUT2D eigenvalue weighted by atomic mass is 32.3. The highest BCUT2D eigenvalue weighted by Crippen LogP contribution is 2.68. The van der Waals surface area contributed by atoms with E-state index in [0.717, 1.165) is 69.6 Å². The fourth-order valence-electron chi connectivity index (χ4n) is 10.3. The topological polar surface area (TPSA) is 154 Å². The molecule has 10 unspecified atom stereocenters. The molecule has 4 fully saturated rings. The van der Waals surface area contributed by atoms with Crippen LogP contribution in [0.15, 0.2) is 0 Å². The van der Waals surface area contributed by atoms with Crippen LogP contribution < -0.4 is 16.4 Å². The molecule has 0 spiro atoms. The van der Waals surface area contributed by atoms with Crippen LogP contribution >= 0.6 is 0 Å². The van der Waals surface area contributed by atoms with Crippen molar-refractivity contribution in [2.24, 2.45) is 52.1 Å². The summed E-state index contributed by atoms with van der Waals surface area (Å²) >= 11 is 0. The molecule has 0 saturated heterocycles. The number of aliphatic hydroxyl groups excluding tert-OH is 2. The molecular formula is C33H63N3O6S. The number of rotatable bonds is 16. The molecule has 0 aromatic rings. The van der Waals surface area contributed by atoms with Gasteiger partial charge in [-0.2, -0.15) is 8.42 Å². The minimum absolute atomic E-state index is 0.124. The molecule has 0 heterocycles. The van der Waals surface area contributed by atoms with E-state index in [1.165, 1.54) is 51.4 Å². The highest BCUT2D eigenvalue weighted by Gasteiger charge is 2.60. The van der Waals surface area contributed by atoms with E-state index in [1.807, 2.05) is 0 Å². The van der Waals surface area contributed by atoms with Crippen LogP contribution in [0.5, 0.6) is 0 Å². The molecule has 10 heteroatoms. The zero-order chi connectivity index (χ0) is 31.4. The largest absolute Gasteiger partial charge is 0.397 e. The lowest BCUT2D eigenvalue weighted by atomic mass is 9.44. The summed E-state index contributed by atoms with van der Waals surface area (Å²) in [5, 5.41) is 29.4. The van der Waals surface area contributed by atoms with Crippen LogP contribution in [0.4, 0.5) is 0 Å². The molecule has 11 atom stereocenters. The number of nitrogens with one attached hydrogen (secondary N) is 2. The van der Waals surface area contributed by atoms with Gasteiger partial charge in [-0.25, -0.2) is 4.18 Å². The standard InChI is InChI=1S/C33H63N3O6S/c1-22(2)31(42-43(39,40)41)30(38)29(37)21-24-9-11-27-26-10-8-23-20-25(36-19-7-18-35-17-6-5-16-34)12-14-32(23,3)28(26)13-15-33(24,27)4/h22-31,35-38H,5-21,34H2,1-4H3,(H,39,40,41)/t23-,24?,25?,26?,27?,28?,29?,30?,31?,32?,33?/m0/s1. The second-order valence-corrected chi connectivity index (χ2v) is 16.6. The molecule has 4 rings (SSSR count). The number of hydrogen-bond acceptors (Lipinski definition) is 8. The Balaban J connectivity index is 1.30. The van der Waals surface area contributed by atoms with Crippen molar-refractivity contribution in [3.05, 3.63) is 0 Å². The molecule has 0 radical (unpaired) electrons. The summed E-state index contributed by atoms with van der Waals surface area (Å²) in [6.45, 7) is 12.5. The first kappa shape index (κ1) is 35.5. The first-order chi connectivity index (χ1) is 20.3. The Morgan fingerprint density at radius 1 is 0.907 bits per heavy atom. The first-order valence-corrected chi connectivity index (χ1v) is 18.8. The zero-order valence-corrected chi connectivity index (χ0v) is 28.2. The van der Waals surface area contributed by atoms with Crippen LogP contribution in [-0.4, -0.2) is 73.7 Å². The van der Waals surface area contributed by atoms with Crippen molar-refractivity contribution in [1.82, 2.24) is 10.6 Å². The lowest BCUT2D eigenvalue weighted by Gasteiger charge is -2.61. The van der Waals surface area contributed by atoms with Gasteiger partial charge < -0.3 is 26.6 Å². The third-order valence-corrected chi connectivity index (χ3v) is 13.2. The van der Waals surface area contributed by atoms with Gasteiger partial charge in [-0.3, -0.25) is 4.55 Å². The minimum Gasteiger partial charge on any atom is -0.390 e. The number of fused-ring (bicyclic) bond motifs is 5. The van der Waals surface area contributed by atoms with Gasteiger partial charge in [-0.15, -0.1) is 0 Å². The molecule has 9 nitrogen and oxygen atoms in total. The predicted octanol–water partition coefficient (Wildman–Crippen LogP) is 4.28. The van der Waals surface area contributed by atoms with E-state index in [2.05, 4.69) is 24.5 Å². The fraction of sp³-hybridized carbons (Fsp3) is 1.00. The third-order valence-electron chi connectivity index (χ3n) is 12.8. The Labute approximate surface area is 261 Å². The van der Waals surface area contributed by atoms with Crippen molar-refractivity contribution in [1.29, 1.82) is 0 Å². The number of nitrogens with two attached hydrogens (primary N) is 1. The third kappa shape index (κ3) is 8.34.